The van der Waals surface area contributed by atoms with Gasteiger partial charge in [-0.2, -0.15) is 0 Å². The van der Waals surface area contributed by atoms with Crippen LogP contribution in [0.25, 0.3) is 0 Å². The van der Waals surface area contributed by atoms with Gasteiger partial charge in [0.1, 0.15) is 5.82 Å². The highest BCUT2D eigenvalue weighted by Gasteiger charge is 2.34. The molecule has 0 saturated carbocycles. The summed E-state index contributed by atoms with van der Waals surface area (Å²) < 4.78 is 0. The van der Waals surface area contributed by atoms with Gasteiger partial charge in [0.25, 0.3) is 0 Å². The Labute approximate surface area is 118 Å². The Balaban J connectivity index is 1.76. The van der Waals surface area contributed by atoms with Crippen molar-refractivity contribution in [1.82, 2.24) is 14.9 Å². The van der Waals surface area contributed by atoms with Gasteiger partial charge in [0.15, 0.2) is 5.69 Å². The van der Waals surface area contributed by atoms with Crippen LogP contribution in [0.15, 0.2) is 12.4 Å². The number of hydrogen-bond acceptors (Lipinski definition) is 5. The number of hydrogen-bond donors (Lipinski definition) is 1. The Morgan fingerprint density at radius 2 is 2.20 bits per heavy atom. The van der Waals surface area contributed by atoms with Gasteiger partial charge >= 0.3 is 5.97 Å². The molecule has 3 rings (SSSR count). The Hall–Kier alpha value is -1.69. The molecule has 2 saturated heterocycles. The van der Waals surface area contributed by atoms with Crippen LogP contribution in [0.3, 0.4) is 0 Å². The second kappa shape index (κ2) is 5.36. The van der Waals surface area contributed by atoms with Gasteiger partial charge in [-0.25, -0.2) is 9.78 Å². The van der Waals surface area contributed by atoms with E-state index in [4.69, 9.17) is 5.11 Å². The maximum Gasteiger partial charge on any atom is 0.356 e. The summed E-state index contributed by atoms with van der Waals surface area (Å²) in [6, 6.07) is 0.663. The van der Waals surface area contributed by atoms with Crippen molar-refractivity contribution >= 4 is 11.8 Å². The van der Waals surface area contributed by atoms with Gasteiger partial charge in [-0.05, 0) is 38.8 Å². The minimum Gasteiger partial charge on any atom is -0.476 e. The summed E-state index contributed by atoms with van der Waals surface area (Å²) in [7, 11) is 2.21. The molecule has 20 heavy (non-hydrogen) atoms. The van der Waals surface area contributed by atoms with Crippen molar-refractivity contribution in [2.24, 2.45) is 5.92 Å². The van der Waals surface area contributed by atoms with E-state index in [2.05, 4.69) is 26.8 Å². The summed E-state index contributed by atoms with van der Waals surface area (Å²) in [6.07, 6.45) is 6.57. The number of nitrogens with zero attached hydrogens (tertiary/aromatic N) is 4. The first kappa shape index (κ1) is 13.3. The molecule has 1 aromatic rings. The molecule has 1 N–H and O–H groups in total. The molecule has 3 heterocycles. The van der Waals surface area contributed by atoms with Gasteiger partial charge in [-0.15, -0.1) is 0 Å². The highest BCUT2D eigenvalue weighted by Crippen LogP contribution is 2.31. The van der Waals surface area contributed by atoms with Crippen LogP contribution in [0.1, 0.15) is 29.8 Å². The van der Waals surface area contributed by atoms with Crippen molar-refractivity contribution in [3.63, 3.8) is 0 Å². The lowest BCUT2D eigenvalue weighted by molar-refractivity contribution is 0.0690. The second-order valence-corrected chi connectivity index (χ2v) is 5.75. The van der Waals surface area contributed by atoms with Gasteiger partial charge in [0, 0.05) is 19.1 Å². The van der Waals surface area contributed by atoms with Crippen LogP contribution in [0.5, 0.6) is 0 Å². The summed E-state index contributed by atoms with van der Waals surface area (Å²) in [4.78, 5) is 23.8. The Kier molecular flexibility index (Phi) is 3.56. The third-order valence-electron chi connectivity index (χ3n) is 4.51. The highest BCUT2D eigenvalue weighted by molar-refractivity contribution is 5.85. The maximum atomic E-state index is 11.0. The van der Waals surface area contributed by atoms with Crippen LogP contribution in [-0.4, -0.2) is 58.7 Å². The van der Waals surface area contributed by atoms with E-state index in [9.17, 15) is 4.79 Å². The minimum atomic E-state index is -1.02. The molecule has 2 atom stereocenters. The maximum absolute atomic E-state index is 11.0. The van der Waals surface area contributed by atoms with Crippen molar-refractivity contribution in [3.05, 3.63) is 18.1 Å². The van der Waals surface area contributed by atoms with E-state index in [1.54, 1.807) is 6.20 Å². The quantitative estimate of drug-likeness (QED) is 0.872. The number of carbonyl (C=O) groups is 1. The fraction of sp³-hybridized carbons (Fsp3) is 0.643. The summed E-state index contributed by atoms with van der Waals surface area (Å²) in [6.45, 7) is 3.06. The number of rotatable bonds is 2. The lowest BCUT2D eigenvalue weighted by atomic mass is 9.84. The molecule has 1 aromatic heterocycles. The first-order valence-corrected chi connectivity index (χ1v) is 7.15. The lowest BCUT2D eigenvalue weighted by Crippen LogP contribution is -2.53. The molecule has 0 bridgehead atoms. The SMILES string of the molecule is CN1CCCC2CN(c3cncc(C(=O)O)n3)CCC21. The molecule has 6 heteroatoms. The first-order valence-electron chi connectivity index (χ1n) is 7.15. The Bertz CT molecular complexity index is 508. The minimum absolute atomic E-state index is 0.0189. The van der Waals surface area contributed by atoms with E-state index in [0.29, 0.717) is 17.8 Å². The summed E-state index contributed by atoms with van der Waals surface area (Å²) in [5.74, 6) is 0.320. The normalized spacial score (nSPS) is 27.1. The van der Waals surface area contributed by atoms with Gasteiger partial charge in [-0.1, -0.05) is 0 Å². The number of aromatic nitrogens is 2. The van der Waals surface area contributed by atoms with Crippen molar-refractivity contribution in [2.75, 3.05) is 31.6 Å². The molecule has 0 amide bonds. The molecule has 0 aliphatic carbocycles. The van der Waals surface area contributed by atoms with Crippen molar-refractivity contribution in [3.8, 4) is 0 Å². The van der Waals surface area contributed by atoms with Gasteiger partial charge in [0.2, 0.25) is 0 Å². The number of fused-ring (bicyclic) bond motifs is 1. The first-order chi connectivity index (χ1) is 9.65. The summed E-state index contributed by atoms with van der Waals surface area (Å²) in [5, 5.41) is 9.00. The van der Waals surface area contributed by atoms with Crippen LogP contribution < -0.4 is 4.90 Å². The zero-order valence-electron chi connectivity index (χ0n) is 11.7. The molecule has 0 aromatic carbocycles. The molecule has 6 nitrogen and oxygen atoms in total. The molecule has 2 unspecified atom stereocenters. The molecule has 0 radical (unpaired) electrons. The predicted octanol–water partition coefficient (Wildman–Crippen LogP) is 1.10. The van der Waals surface area contributed by atoms with Gasteiger partial charge in [0.05, 0.1) is 12.4 Å². The molecule has 108 valence electrons. The molecule has 2 aliphatic heterocycles. The Morgan fingerprint density at radius 1 is 1.35 bits per heavy atom. The van der Waals surface area contributed by atoms with Crippen molar-refractivity contribution < 1.29 is 9.90 Å². The van der Waals surface area contributed by atoms with Crippen LogP contribution in [0, 0.1) is 5.92 Å². The number of carboxylic acid groups (broad SMARTS) is 1. The summed E-state index contributed by atoms with van der Waals surface area (Å²) >= 11 is 0. The average molecular weight is 276 g/mol. The van der Waals surface area contributed by atoms with E-state index in [1.807, 2.05) is 0 Å². The number of likely N-dealkylation sites (tertiary alicyclic amines) is 1. The largest absolute Gasteiger partial charge is 0.476 e. The zero-order valence-corrected chi connectivity index (χ0v) is 11.7. The number of carboxylic acids is 1. The lowest BCUT2D eigenvalue weighted by Gasteiger charge is -2.46. The second-order valence-electron chi connectivity index (χ2n) is 5.75. The summed E-state index contributed by atoms with van der Waals surface area (Å²) in [5.41, 5.74) is 0.0189. The van der Waals surface area contributed by atoms with Gasteiger partial charge < -0.3 is 14.9 Å². The monoisotopic (exact) mass is 276 g/mol. The molecule has 2 fully saturated rings. The van der Waals surface area contributed by atoms with E-state index in [-0.39, 0.29) is 5.69 Å². The zero-order chi connectivity index (χ0) is 14.1. The number of piperidine rings is 2. The van der Waals surface area contributed by atoms with Crippen LogP contribution in [-0.2, 0) is 0 Å². The van der Waals surface area contributed by atoms with E-state index in [1.165, 1.54) is 25.6 Å². The fourth-order valence-corrected chi connectivity index (χ4v) is 3.47. The number of anilines is 1. The van der Waals surface area contributed by atoms with Crippen LogP contribution >= 0.6 is 0 Å². The van der Waals surface area contributed by atoms with Crippen LogP contribution in [0.2, 0.25) is 0 Å². The van der Waals surface area contributed by atoms with E-state index < -0.39 is 5.97 Å². The molecular weight excluding hydrogens is 256 g/mol. The van der Waals surface area contributed by atoms with Crippen molar-refractivity contribution in [2.45, 2.75) is 25.3 Å². The highest BCUT2D eigenvalue weighted by atomic mass is 16.4. The third-order valence-corrected chi connectivity index (χ3v) is 4.51. The topological polar surface area (TPSA) is 69.6 Å². The third kappa shape index (κ3) is 2.47. The Morgan fingerprint density at radius 3 is 3.00 bits per heavy atom. The predicted molar refractivity (Wildman–Crippen MR) is 75.0 cm³/mol. The molecular formula is C14H20N4O2. The smallest absolute Gasteiger partial charge is 0.356 e. The van der Waals surface area contributed by atoms with Crippen molar-refractivity contribution in [1.29, 1.82) is 0 Å². The molecule has 0 spiro atoms. The fourth-order valence-electron chi connectivity index (χ4n) is 3.47. The number of aromatic carboxylic acids is 1. The van der Waals surface area contributed by atoms with Gasteiger partial charge in [-0.3, -0.25) is 4.98 Å². The average Bonchev–Trinajstić information content (AvgIpc) is 2.47. The van der Waals surface area contributed by atoms with E-state index >= 15 is 0 Å². The molecule has 2 aliphatic rings. The van der Waals surface area contributed by atoms with E-state index in [0.717, 1.165) is 19.5 Å². The van der Waals surface area contributed by atoms with Crippen LogP contribution in [0.4, 0.5) is 5.82 Å². The standard InChI is InChI=1S/C14H20N4O2/c1-17-5-2-3-10-9-18(6-4-12(10)17)13-8-15-7-11(16-13)14(19)20/h7-8,10,12H,2-6,9H2,1H3,(H,19,20).